The fourth-order valence-electron chi connectivity index (χ4n) is 3.69. The van der Waals surface area contributed by atoms with Crippen LogP contribution in [0.2, 0.25) is 0 Å². The Morgan fingerprint density at radius 1 is 1.12 bits per heavy atom. The van der Waals surface area contributed by atoms with Gasteiger partial charge in [-0.15, -0.1) is 11.3 Å². The first-order valence-corrected chi connectivity index (χ1v) is 13.1. The number of hydrogen-bond acceptors (Lipinski definition) is 9. The van der Waals surface area contributed by atoms with Gasteiger partial charge in [0.1, 0.15) is 5.82 Å². The summed E-state index contributed by atoms with van der Waals surface area (Å²) in [5, 5.41) is 11.0. The van der Waals surface area contributed by atoms with E-state index in [0.717, 1.165) is 12.8 Å². The molecule has 3 aromatic rings. The maximum Gasteiger partial charge on any atom is 0.280 e. The Balaban J connectivity index is 1.66. The molecule has 40 heavy (non-hydrogen) atoms. The zero-order valence-corrected chi connectivity index (χ0v) is 22.8. The number of carbonyl (C=O) groups excluding carboxylic acids is 3. The molecule has 2 aromatic heterocycles. The minimum atomic E-state index is -1.97. The summed E-state index contributed by atoms with van der Waals surface area (Å²) in [5.74, 6) is -0.557. The average Bonchev–Trinajstić information content (AvgIpc) is 3.64. The summed E-state index contributed by atoms with van der Waals surface area (Å²) in [6.45, 7) is 0.743. The van der Waals surface area contributed by atoms with Crippen molar-refractivity contribution in [3.05, 3.63) is 46.4 Å². The maximum atomic E-state index is 12.9. The van der Waals surface area contributed by atoms with Gasteiger partial charge < -0.3 is 30.7 Å². The average molecular weight is 554 g/mol. The maximum absolute atomic E-state index is 12.9. The number of hydrogen-bond donors (Lipinski definition) is 4. The Hall–Kier alpha value is -3.84. The molecule has 0 unspecified atom stereocenters. The summed E-state index contributed by atoms with van der Waals surface area (Å²) >= 11 is 1.19. The molecule has 1 aliphatic carbocycles. The number of anilines is 3. The van der Waals surface area contributed by atoms with Crippen LogP contribution in [-0.4, -0.2) is 83.8 Å². The van der Waals surface area contributed by atoms with Gasteiger partial charge in [-0.25, -0.2) is 9.97 Å². The third-order valence-corrected chi connectivity index (χ3v) is 6.57. The summed E-state index contributed by atoms with van der Waals surface area (Å²) in [5.41, 5.74) is 1.93. The number of para-hydroxylation sites is 1. The molecule has 2 heterocycles. The van der Waals surface area contributed by atoms with Crippen LogP contribution in [0.4, 0.5) is 17.2 Å². The minimum absolute atomic E-state index is 0.0460. The van der Waals surface area contributed by atoms with Crippen molar-refractivity contribution in [2.24, 2.45) is 5.92 Å². The zero-order chi connectivity index (χ0) is 28.9. The first kappa shape index (κ1) is 29.2. The normalized spacial score (nSPS) is 12.8. The summed E-state index contributed by atoms with van der Waals surface area (Å²) in [6, 6.07) is 6.80. The van der Waals surface area contributed by atoms with Crippen molar-refractivity contribution in [1.82, 2.24) is 20.6 Å². The number of aromatic nitrogens is 2. The van der Waals surface area contributed by atoms with Gasteiger partial charge in [0, 0.05) is 42.8 Å². The van der Waals surface area contributed by atoms with Gasteiger partial charge in [0.05, 0.1) is 59.9 Å². The lowest BCUT2D eigenvalue weighted by molar-refractivity contribution is -0.117. The van der Waals surface area contributed by atoms with Gasteiger partial charge in [-0.05, 0) is 25.0 Å². The van der Waals surface area contributed by atoms with Crippen molar-refractivity contribution in [3.63, 3.8) is 0 Å². The molecule has 4 rings (SSSR count). The fraction of sp³-hybridized carbons (Fsp3) is 0.320. The van der Waals surface area contributed by atoms with Crippen LogP contribution < -0.4 is 26.0 Å². The molecule has 0 atom stereocenters. The van der Waals surface area contributed by atoms with E-state index in [0.29, 0.717) is 35.8 Å². The van der Waals surface area contributed by atoms with Gasteiger partial charge in [-0.3, -0.25) is 14.4 Å². The van der Waals surface area contributed by atoms with Crippen LogP contribution >= 0.6 is 11.3 Å². The number of rotatable bonds is 12. The Bertz CT molecular complexity index is 1410. The molecule has 0 aliphatic heterocycles. The van der Waals surface area contributed by atoms with Crippen LogP contribution in [0.25, 0.3) is 11.3 Å². The first-order valence-electron chi connectivity index (χ1n) is 12.3. The second-order valence-electron chi connectivity index (χ2n) is 9.06. The second-order valence-corrected chi connectivity index (χ2v) is 9.92. The third-order valence-electron chi connectivity index (χ3n) is 5.73. The van der Waals surface area contributed by atoms with Gasteiger partial charge in [-0.2, -0.15) is 0 Å². The number of pyridine rings is 1. The molecule has 200 valence electrons. The van der Waals surface area contributed by atoms with Gasteiger partial charge in [0.2, 0.25) is 5.91 Å². The van der Waals surface area contributed by atoms with E-state index < -0.39 is 11.1 Å². The third kappa shape index (κ3) is 7.42. The zero-order valence-electron chi connectivity index (χ0n) is 21.9. The highest BCUT2D eigenvalue weighted by atomic mass is 32.1. The van der Waals surface area contributed by atoms with Crippen molar-refractivity contribution < 1.29 is 23.9 Å². The van der Waals surface area contributed by atoms with Crippen molar-refractivity contribution >= 4 is 69.8 Å². The monoisotopic (exact) mass is 554 g/mol. The molecule has 4 N–H and O–H groups in total. The van der Waals surface area contributed by atoms with Crippen LogP contribution in [0, 0.1) is 5.92 Å². The summed E-state index contributed by atoms with van der Waals surface area (Å²) in [7, 11) is 19.7. The first-order chi connectivity index (χ1) is 19.1. The molecule has 0 spiro atoms. The summed E-state index contributed by atoms with van der Waals surface area (Å²) in [6.07, 6.45) is 2.91. The Labute approximate surface area is 239 Å². The largest absolute Gasteiger partial charge is 0.494 e. The van der Waals surface area contributed by atoms with E-state index >= 15 is 0 Å². The van der Waals surface area contributed by atoms with E-state index in [2.05, 4.69) is 31.2 Å². The lowest BCUT2D eigenvalue weighted by atomic mass is 9.49. The molecular formula is C25H25B3N6O5S. The lowest BCUT2D eigenvalue weighted by Gasteiger charge is -2.23. The van der Waals surface area contributed by atoms with E-state index in [1.807, 2.05) is 0 Å². The molecule has 1 aliphatic rings. The molecule has 3 amide bonds. The number of amides is 3. The Morgan fingerprint density at radius 2 is 1.90 bits per heavy atom. The van der Waals surface area contributed by atoms with Crippen LogP contribution in [0.1, 0.15) is 33.0 Å². The molecule has 0 saturated heterocycles. The van der Waals surface area contributed by atoms with Crippen LogP contribution in [0.15, 0.2) is 35.8 Å². The predicted molar refractivity (Wildman–Crippen MR) is 155 cm³/mol. The molecule has 6 radical (unpaired) electrons. The smallest absolute Gasteiger partial charge is 0.280 e. The van der Waals surface area contributed by atoms with Gasteiger partial charge >= 0.3 is 0 Å². The minimum Gasteiger partial charge on any atom is -0.494 e. The van der Waals surface area contributed by atoms with Gasteiger partial charge in [-0.1, -0.05) is 11.3 Å². The van der Waals surface area contributed by atoms with Crippen LogP contribution in [-0.2, 0) is 9.53 Å². The van der Waals surface area contributed by atoms with Gasteiger partial charge in [0.15, 0.2) is 10.8 Å². The number of ether oxygens (including phenoxy) is 2. The van der Waals surface area contributed by atoms with E-state index in [-0.39, 0.29) is 39.8 Å². The topological polar surface area (TPSA) is 144 Å². The van der Waals surface area contributed by atoms with Crippen LogP contribution in [0.3, 0.4) is 0 Å². The van der Waals surface area contributed by atoms with E-state index in [9.17, 15) is 14.4 Å². The number of methoxy groups -OCH3 is 2. The molecule has 1 aromatic carbocycles. The van der Waals surface area contributed by atoms with Gasteiger partial charge in [0.25, 0.3) is 11.8 Å². The highest BCUT2D eigenvalue weighted by Crippen LogP contribution is 2.39. The number of nitrogens with zero attached hydrogens (tertiary/aromatic N) is 2. The van der Waals surface area contributed by atoms with E-state index in [1.165, 1.54) is 30.7 Å². The molecule has 15 heteroatoms. The second kappa shape index (κ2) is 12.6. The van der Waals surface area contributed by atoms with E-state index in [1.54, 1.807) is 30.7 Å². The molecule has 1 fully saturated rings. The molecule has 11 nitrogen and oxygen atoms in total. The van der Waals surface area contributed by atoms with Crippen molar-refractivity contribution in [1.29, 1.82) is 0 Å². The molecule has 0 bridgehead atoms. The Morgan fingerprint density at radius 3 is 2.58 bits per heavy atom. The summed E-state index contributed by atoms with van der Waals surface area (Å²) in [4.78, 5) is 46.3. The molecule has 1 saturated carbocycles. The Kier molecular flexibility index (Phi) is 9.16. The van der Waals surface area contributed by atoms with Crippen molar-refractivity contribution in [2.75, 3.05) is 38.0 Å². The standard InChI is InChI=1S/C25H25B3N6O5S/c1-38-9-8-29-23(37)24-32-18(12-40-24)14-4-3-5-16(20(14)39-2)31-17-10-19(33-21(35)13-6-7-13)30-11-15(17)22(36)34-25(26,27)28/h3-5,10-13H,6-9H2,1-2H3,(H,29,37)(H,34,36)(H2,30,31,33,35). The highest BCUT2D eigenvalue weighted by Gasteiger charge is 2.30. The fourth-order valence-corrected chi connectivity index (χ4v) is 4.43. The number of thiazole rings is 1. The SMILES string of the molecule is [B]C([B])([B])NC(=O)c1cnc(NC(=O)C2CC2)cc1Nc1cccc(-c2csc(C(=O)NCCOC)n2)c1OC. The van der Waals surface area contributed by atoms with Crippen molar-refractivity contribution in [3.8, 4) is 17.0 Å². The lowest BCUT2D eigenvalue weighted by Crippen LogP contribution is -2.50. The van der Waals surface area contributed by atoms with E-state index in [4.69, 9.17) is 33.0 Å². The molecular weight excluding hydrogens is 529 g/mol. The predicted octanol–water partition coefficient (Wildman–Crippen LogP) is 1.53. The quantitative estimate of drug-likeness (QED) is 0.195. The number of benzene rings is 1. The van der Waals surface area contributed by atoms with Crippen LogP contribution in [0.5, 0.6) is 5.75 Å². The highest BCUT2D eigenvalue weighted by molar-refractivity contribution is 7.12. The number of nitrogens with one attached hydrogen (secondary N) is 4. The summed E-state index contributed by atoms with van der Waals surface area (Å²) < 4.78 is 10.7. The number of carbonyl (C=O) groups is 3. The van der Waals surface area contributed by atoms with Crippen molar-refractivity contribution in [2.45, 2.75) is 18.1 Å².